The molecule has 2 heterocycles. The summed E-state index contributed by atoms with van der Waals surface area (Å²) in [4.78, 5) is 11.8. The summed E-state index contributed by atoms with van der Waals surface area (Å²) in [5, 5.41) is 14.0. The lowest BCUT2D eigenvalue weighted by molar-refractivity contribution is 0.0875. The van der Waals surface area contributed by atoms with Gasteiger partial charge in [0.1, 0.15) is 18.5 Å². The van der Waals surface area contributed by atoms with E-state index in [0.29, 0.717) is 11.5 Å². The predicted octanol–water partition coefficient (Wildman–Crippen LogP) is 2.10. The highest BCUT2D eigenvalue weighted by atomic mass is 16.5. The van der Waals surface area contributed by atoms with Crippen molar-refractivity contribution in [3.8, 4) is 17.4 Å². The van der Waals surface area contributed by atoms with Crippen LogP contribution in [0.4, 0.5) is 0 Å². The third-order valence-corrected chi connectivity index (χ3v) is 3.50. The van der Waals surface area contributed by atoms with Gasteiger partial charge in [-0.3, -0.25) is 0 Å². The van der Waals surface area contributed by atoms with E-state index in [0.717, 1.165) is 11.1 Å². The van der Waals surface area contributed by atoms with Crippen molar-refractivity contribution in [1.29, 1.82) is 0 Å². The Balaban J connectivity index is 1.58. The Bertz CT molecular complexity index is 818. The fraction of sp³-hybridized carbons (Fsp3) is 0.294. The first kappa shape index (κ1) is 16.1. The fourth-order valence-corrected chi connectivity index (χ4v) is 2.19. The van der Waals surface area contributed by atoms with Crippen molar-refractivity contribution in [1.82, 2.24) is 9.78 Å². The van der Waals surface area contributed by atoms with Crippen LogP contribution in [0.25, 0.3) is 11.7 Å². The number of rotatable bonds is 7. The fourth-order valence-electron chi connectivity index (χ4n) is 2.19. The van der Waals surface area contributed by atoms with Crippen LogP contribution in [0.2, 0.25) is 0 Å². The Morgan fingerprint density at radius 2 is 2.08 bits per heavy atom. The highest BCUT2D eigenvalue weighted by Gasteiger charge is 2.15. The molecule has 0 bridgehead atoms. The van der Waals surface area contributed by atoms with Crippen molar-refractivity contribution in [3.05, 3.63) is 58.8 Å². The number of hydrogen-bond acceptors (Lipinski definition) is 6. The van der Waals surface area contributed by atoms with Gasteiger partial charge in [0.05, 0.1) is 12.8 Å². The van der Waals surface area contributed by atoms with Gasteiger partial charge in [-0.1, -0.05) is 19.1 Å². The Morgan fingerprint density at radius 3 is 2.75 bits per heavy atom. The van der Waals surface area contributed by atoms with Crippen LogP contribution in [0.5, 0.6) is 5.75 Å². The van der Waals surface area contributed by atoms with Crippen LogP contribution >= 0.6 is 0 Å². The average Bonchev–Trinajstić information content (AvgIpc) is 3.24. The number of hydrogen-bond donors (Lipinski definition) is 1. The maximum Gasteiger partial charge on any atom is 0.437 e. The van der Waals surface area contributed by atoms with Crippen LogP contribution in [0.15, 0.2) is 56.3 Å². The Morgan fingerprint density at radius 1 is 1.29 bits per heavy atom. The van der Waals surface area contributed by atoms with E-state index in [1.807, 2.05) is 24.3 Å². The van der Waals surface area contributed by atoms with Gasteiger partial charge in [0.2, 0.25) is 0 Å². The van der Waals surface area contributed by atoms with Crippen LogP contribution in [-0.4, -0.2) is 27.6 Å². The highest BCUT2D eigenvalue weighted by Crippen LogP contribution is 2.15. The number of aryl methyl sites for hydroxylation is 1. The van der Waals surface area contributed by atoms with Gasteiger partial charge in [0, 0.05) is 0 Å². The summed E-state index contributed by atoms with van der Waals surface area (Å²) < 4.78 is 16.7. The van der Waals surface area contributed by atoms with Crippen molar-refractivity contribution >= 4 is 0 Å². The number of nitrogens with zero attached hydrogens (tertiary/aromatic N) is 2. The molecule has 24 heavy (non-hydrogen) atoms. The van der Waals surface area contributed by atoms with E-state index >= 15 is 0 Å². The van der Waals surface area contributed by atoms with Crippen molar-refractivity contribution < 1.29 is 18.7 Å². The molecule has 0 unspecified atom stereocenters. The summed E-state index contributed by atoms with van der Waals surface area (Å²) in [5.41, 5.74) is 1.21. The Hall–Kier alpha value is -2.80. The van der Waals surface area contributed by atoms with Crippen molar-refractivity contribution in [3.63, 3.8) is 0 Å². The quantitative estimate of drug-likeness (QED) is 0.713. The second-order valence-electron chi connectivity index (χ2n) is 5.29. The summed E-state index contributed by atoms with van der Waals surface area (Å²) in [6.07, 6.45) is 1.51. The van der Waals surface area contributed by atoms with Gasteiger partial charge in [-0.25, -0.2) is 4.79 Å². The molecule has 7 nitrogen and oxygen atoms in total. The number of benzene rings is 1. The van der Waals surface area contributed by atoms with Gasteiger partial charge >= 0.3 is 5.76 Å². The molecule has 0 saturated carbocycles. The number of aliphatic hydroxyl groups excluding tert-OH is 1. The monoisotopic (exact) mass is 330 g/mol. The van der Waals surface area contributed by atoms with Gasteiger partial charge in [-0.2, -0.15) is 4.68 Å². The standard InChI is InChI=1S/C17H18N2O5/c1-2-12-5-7-14(8-6-12)23-11-13(20)10-19-17(21)24-16(18-19)15-4-3-9-22-15/h3-9,13,20H,2,10-11H2,1H3/t13-/m0/s1. The molecule has 2 aromatic heterocycles. The minimum atomic E-state index is -0.900. The van der Waals surface area contributed by atoms with E-state index in [1.165, 1.54) is 11.8 Å². The topological polar surface area (TPSA) is 90.6 Å². The van der Waals surface area contributed by atoms with Gasteiger partial charge < -0.3 is 18.7 Å². The van der Waals surface area contributed by atoms with Crippen LogP contribution < -0.4 is 10.5 Å². The molecule has 0 aliphatic heterocycles. The van der Waals surface area contributed by atoms with Crippen LogP contribution in [0, 0.1) is 0 Å². The third kappa shape index (κ3) is 3.75. The number of furan rings is 1. The summed E-state index contributed by atoms with van der Waals surface area (Å²) >= 11 is 0. The van der Waals surface area contributed by atoms with Crippen molar-refractivity contribution in [2.24, 2.45) is 0 Å². The third-order valence-electron chi connectivity index (χ3n) is 3.50. The molecule has 1 atom stereocenters. The summed E-state index contributed by atoms with van der Waals surface area (Å²) in [7, 11) is 0. The van der Waals surface area contributed by atoms with Gasteiger partial charge in [0.25, 0.3) is 5.89 Å². The zero-order valence-corrected chi connectivity index (χ0v) is 13.2. The average molecular weight is 330 g/mol. The Kier molecular flexibility index (Phi) is 4.81. The summed E-state index contributed by atoms with van der Waals surface area (Å²) in [6.45, 7) is 2.09. The van der Waals surface area contributed by atoms with Gasteiger partial charge in [-0.05, 0) is 36.2 Å². The second kappa shape index (κ2) is 7.18. The molecular formula is C17H18N2O5. The van der Waals surface area contributed by atoms with Crippen molar-refractivity contribution in [2.75, 3.05) is 6.61 Å². The lowest BCUT2D eigenvalue weighted by atomic mass is 10.2. The summed E-state index contributed by atoms with van der Waals surface area (Å²) in [6, 6.07) is 10.9. The molecule has 0 spiro atoms. The molecule has 0 radical (unpaired) electrons. The first-order valence-corrected chi connectivity index (χ1v) is 7.67. The lowest BCUT2D eigenvalue weighted by Crippen LogP contribution is -2.29. The molecule has 0 fully saturated rings. The van der Waals surface area contributed by atoms with Crippen LogP contribution in [0.1, 0.15) is 12.5 Å². The van der Waals surface area contributed by atoms with E-state index in [2.05, 4.69) is 12.0 Å². The molecule has 1 N–H and O–H groups in total. The predicted molar refractivity (Wildman–Crippen MR) is 85.8 cm³/mol. The maximum atomic E-state index is 11.8. The number of aromatic nitrogens is 2. The molecule has 3 aromatic rings. The van der Waals surface area contributed by atoms with Crippen LogP contribution in [-0.2, 0) is 13.0 Å². The van der Waals surface area contributed by atoms with E-state index in [9.17, 15) is 9.90 Å². The van der Waals surface area contributed by atoms with E-state index in [1.54, 1.807) is 12.1 Å². The molecule has 0 amide bonds. The van der Waals surface area contributed by atoms with E-state index in [-0.39, 0.29) is 19.0 Å². The smallest absolute Gasteiger partial charge is 0.437 e. The lowest BCUT2D eigenvalue weighted by Gasteiger charge is -2.11. The van der Waals surface area contributed by atoms with E-state index in [4.69, 9.17) is 13.6 Å². The number of aliphatic hydroxyl groups is 1. The minimum absolute atomic E-state index is 0.0317. The molecule has 0 aliphatic carbocycles. The molecule has 1 aromatic carbocycles. The Labute approximate surface area is 138 Å². The molecule has 0 aliphatic rings. The van der Waals surface area contributed by atoms with Crippen LogP contribution in [0.3, 0.4) is 0 Å². The second-order valence-corrected chi connectivity index (χ2v) is 5.29. The first-order chi connectivity index (χ1) is 11.7. The maximum absolute atomic E-state index is 11.8. The SMILES string of the molecule is CCc1ccc(OC[C@@H](O)Cn2nc(-c3ccco3)oc2=O)cc1. The molecule has 3 rings (SSSR count). The first-order valence-electron chi connectivity index (χ1n) is 7.67. The molecule has 126 valence electrons. The van der Waals surface area contributed by atoms with Crippen molar-refractivity contribution in [2.45, 2.75) is 26.0 Å². The minimum Gasteiger partial charge on any atom is -0.491 e. The normalized spacial score (nSPS) is 12.2. The van der Waals surface area contributed by atoms with E-state index < -0.39 is 11.9 Å². The zero-order chi connectivity index (χ0) is 16.9. The van der Waals surface area contributed by atoms with Gasteiger partial charge in [0.15, 0.2) is 5.76 Å². The summed E-state index contributed by atoms with van der Waals surface area (Å²) in [5.74, 6) is 0.434. The highest BCUT2D eigenvalue weighted by molar-refractivity contribution is 5.42. The van der Waals surface area contributed by atoms with Gasteiger partial charge in [-0.15, -0.1) is 5.10 Å². The molecule has 0 saturated heterocycles. The number of ether oxygens (including phenoxy) is 1. The zero-order valence-electron chi connectivity index (χ0n) is 13.2. The molecule has 7 heteroatoms. The molecular weight excluding hydrogens is 312 g/mol. The largest absolute Gasteiger partial charge is 0.491 e.